The van der Waals surface area contributed by atoms with Crippen LogP contribution in [0.1, 0.15) is 58.9 Å². The van der Waals surface area contributed by atoms with Gasteiger partial charge in [-0.2, -0.15) is 0 Å². The topological polar surface area (TPSA) is 102 Å². The Morgan fingerprint density at radius 1 is 1.03 bits per heavy atom. The molecule has 0 saturated heterocycles. The molecule has 7 nitrogen and oxygen atoms in total. The molecule has 30 heavy (non-hydrogen) atoms. The molecule has 0 amide bonds. The second kappa shape index (κ2) is 9.93. The van der Waals surface area contributed by atoms with E-state index in [-0.39, 0.29) is 19.6 Å². The highest BCUT2D eigenvalue weighted by molar-refractivity contribution is 7.90. The van der Waals surface area contributed by atoms with Crippen LogP contribution in [0.3, 0.4) is 0 Å². The monoisotopic (exact) mass is 464 g/mol. The SMILES string of the molecule is CC(C)S(=O)(=O)NCCOc1ccc([C@@]2(F)CCCC[C@@H]2NS(=O)(=O)C(C)C)cc1. The summed E-state index contributed by atoms with van der Waals surface area (Å²) in [6.07, 6.45) is 2.14. The molecule has 0 unspecified atom stereocenters. The lowest BCUT2D eigenvalue weighted by Gasteiger charge is -2.38. The average molecular weight is 465 g/mol. The van der Waals surface area contributed by atoms with E-state index < -0.39 is 42.3 Å². The van der Waals surface area contributed by atoms with Crippen molar-refractivity contribution in [2.45, 2.75) is 75.6 Å². The molecule has 0 heterocycles. The Labute approximate surface area is 179 Å². The smallest absolute Gasteiger partial charge is 0.214 e. The molecule has 172 valence electrons. The highest BCUT2D eigenvalue weighted by Gasteiger charge is 2.44. The standard InChI is InChI=1S/C20H33FN2O5S2/c1-15(2)29(24,25)22-13-14-28-18-10-8-17(9-11-18)20(21)12-6-5-7-19(20)23-30(26,27)16(3)4/h8-11,15-16,19,22-23H,5-7,12-14H2,1-4H3/t19-,20-/m0/s1. The second-order valence-electron chi connectivity index (χ2n) is 8.23. The van der Waals surface area contributed by atoms with E-state index in [1.165, 1.54) is 0 Å². The summed E-state index contributed by atoms with van der Waals surface area (Å²) in [6.45, 7) is 6.59. The summed E-state index contributed by atoms with van der Waals surface area (Å²) in [5, 5.41) is -1.15. The fraction of sp³-hybridized carbons (Fsp3) is 0.700. The molecule has 0 aromatic heterocycles. The van der Waals surface area contributed by atoms with Crippen molar-refractivity contribution in [1.29, 1.82) is 0 Å². The molecule has 1 fully saturated rings. The molecule has 0 aliphatic heterocycles. The molecular weight excluding hydrogens is 431 g/mol. The normalized spacial score (nSPS) is 23.1. The van der Waals surface area contributed by atoms with Crippen LogP contribution in [0.4, 0.5) is 4.39 Å². The molecule has 1 aromatic carbocycles. The van der Waals surface area contributed by atoms with Crippen molar-refractivity contribution in [2.75, 3.05) is 13.2 Å². The number of hydrogen-bond donors (Lipinski definition) is 2. The van der Waals surface area contributed by atoms with Crippen molar-refractivity contribution in [3.8, 4) is 5.75 Å². The van der Waals surface area contributed by atoms with E-state index in [4.69, 9.17) is 4.74 Å². The lowest BCUT2D eigenvalue weighted by Crippen LogP contribution is -2.51. The highest BCUT2D eigenvalue weighted by atomic mass is 32.2. The molecule has 1 aliphatic rings. The van der Waals surface area contributed by atoms with Gasteiger partial charge in [0.2, 0.25) is 20.0 Å². The summed E-state index contributed by atoms with van der Waals surface area (Å²) in [4.78, 5) is 0. The molecule has 0 spiro atoms. The van der Waals surface area contributed by atoms with E-state index >= 15 is 4.39 Å². The lowest BCUT2D eigenvalue weighted by atomic mass is 9.77. The van der Waals surface area contributed by atoms with E-state index in [1.807, 2.05) is 0 Å². The van der Waals surface area contributed by atoms with E-state index in [2.05, 4.69) is 9.44 Å². The van der Waals surface area contributed by atoms with Crippen LogP contribution in [-0.2, 0) is 25.7 Å². The molecule has 1 aromatic rings. The van der Waals surface area contributed by atoms with Crippen LogP contribution in [0.25, 0.3) is 0 Å². The van der Waals surface area contributed by atoms with Crippen LogP contribution in [0, 0.1) is 0 Å². The molecule has 2 N–H and O–H groups in total. The molecule has 0 bridgehead atoms. The maximum atomic E-state index is 16.0. The van der Waals surface area contributed by atoms with Crippen molar-refractivity contribution in [3.05, 3.63) is 29.8 Å². The molecule has 0 radical (unpaired) electrons. The zero-order valence-electron chi connectivity index (χ0n) is 18.0. The fourth-order valence-electron chi connectivity index (χ4n) is 3.31. The quantitative estimate of drug-likeness (QED) is 0.519. The lowest BCUT2D eigenvalue weighted by molar-refractivity contribution is 0.0712. The van der Waals surface area contributed by atoms with Gasteiger partial charge in [-0.25, -0.2) is 30.7 Å². The van der Waals surface area contributed by atoms with Gasteiger partial charge in [0.25, 0.3) is 0 Å². The molecular formula is C20H33FN2O5S2. The van der Waals surface area contributed by atoms with Gasteiger partial charge < -0.3 is 4.74 Å². The predicted molar refractivity (Wildman–Crippen MR) is 116 cm³/mol. The summed E-state index contributed by atoms with van der Waals surface area (Å²) in [5.74, 6) is 0.487. The second-order valence-corrected chi connectivity index (χ2v) is 12.8. The molecule has 1 aliphatic carbocycles. The van der Waals surface area contributed by atoms with Gasteiger partial charge in [0.05, 0.1) is 16.5 Å². The number of ether oxygens (including phenoxy) is 1. The number of alkyl halides is 1. The Balaban J connectivity index is 2.04. The van der Waals surface area contributed by atoms with Gasteiger partial charge in [-0.1, -0.05) is 18.6 Å². The van der Waals surface area contributed by atoms with Crippen molar-refractivity contribution in [1.82, 2.24) is 9.44 Å². The Morgan fingerprint density at radius 3 is 2.20 bits per heavy atom. The van der Waals surface area contributed by atoms with Crippen molar-refractivity contribution >= 4 is 20.0 Å². The van der Waals surface area contributed by atoms with Crippen LogP contribution < -0.4 is 14.2 Å². The number of hydrogen-bond acceptors (Lipinski definition) is 5. The van der Waals surface area contributed by atoms with Gasteiger partial charge in [0, 0.05) is 6.54 Å². The third-order valence-electron chi connectivity index (χ3n) is 5.39. The first-order valence-electron chi connectivity index (χ1n) is 10.3. The zero-order chi connectivity index (χ0) is 22.6. The predicted octanol–water partition coefficient (Wildman–Crippen LogP) is 2.83. The Bertz CT molecular complexity index is 902. The minimum Gasteiger partial charge on any atom is -0.492 e. The summed E-state index contributed by atoms with van der Waals surface area (Å²) in [6, 6.07) is 5.65. The summed E-state index contributed by atoms with van der Waals surface area (Å²) >= 11 is 0. The Morgan fingerprint density at radius 2 is 1.63 bits per heavy atom. The Hall–Kier alpha value is -1.23. The van der Waals surface area contributed by atoms with Crippen molar-refractivity contribution in [2.24, 2.45) is 0 Å². The molecule has 2 atom stereocenters. The third kappa shape index (κ3) is 6.15. The first-order chi connectivity index (χ1) is 13.9. The van der Waals surface area contributed by atoms with Crippen LogP contribution in [0.15, 0.2) is 24.3 Å². The molecule has 10 heteroatoms. The third-order valence-corrected chi connectivity index (χ3v) is 9.09. The number of rotatable bonds is 10. The van der Waals surface area contributed by atoms with Crippen LogP contribution in [0.2, 0.25) is 0 Å². The van der Waals surface area contributed by atoms with Crippen LogP contribution >= 0.6 is 0 Å². The summed E-state index contributed by atoms with van der Waals surface area (Å²) in [7, 11) is -6.93. The Kier molecular flexibility index (Phi) is 8.29. The minimum absolute atomic E-state index is 0.133. The van der Waals surface area contributed by atoms with E-state index in [0.29, 0.717) is 24.2 Å². The zero-order valence-corrected chi connectivity index (χ0v) is 19.7. The van der Waals surface area contributed by atoms with Crippen molar-refractivity contribution < 1.29 is 26.0 Å². The van der Waals surface area contributed by atoms with Gasteiger partial charge in [-0.3, -0.25) is 0 Å². The van der Waals surface area contributed by atoms with Gasteiger partial charge in [0.15, 0.2) is 5.67 Å². The number of nitrogens with one attached hydrogen (secondary N) is 2. The summed E-state index contributed by atoms with van der Waals surface area (Å²) in [5.41, 5.74) is -1.38. The fourth-order valence-corrected chi connectivity index (χ4v) is 4.99. The minimum atomic E-state index is -3.59. The average Bonchev–Trinajstić information content (AvgIpc) is 2.67. The first kappa shape index (κ1) is 25.0. The van der Waals surface area contributed by atoms with Gasteiger partial charge >= 0.3 is 0 Å². The van der Waals surface area contributed by atoms with Crippen molar-refractivity contribution in [3.63, 3.8) is 0 Å². The van der Waals surface area contributed by atoms with Gasteiger partial charge in [-0.05, 0) is 64.7 Å². The number of sulfonamides is 2. The van der Waals surface area contributed by atoms with E-state index in [0.717, 1.165) is 6.42 Å². The summed E-state index contributed by atoms with van der Waals surface area (Å²) < 4.78 is 74.5. The first-order valence-corrected chi connectivity index (χ1v) is 13.4. The number of benzene rings is 1. The van der Waals surface area contributed by atoms with E-state index in [1.54, 1.807) is 52.0 Å². The largest absolute Gasteiger partial charge is 0.492 e. The molecule has 2 rings (SSSR count). The van der Waals surface area contributed by atoms with E-state index in [9.17, 15) is 16.8 Å². The highest BCUT2D eigenvalue weighted by Crippen LogP contribution is 2.42. The number of halogens is 1. The van der Waals surface area contributed by atoms with Gasteiger partial charge in [0.1, 0.15) is 12.4 Å². The maximum Gasteiger partial charge on any atom is 0.214 e. The van der Waals surface area contributed by atoms with Gasteiger partial charge in [-0.15, -0.1) is 0 Å². The van der Waals surface area contributed by atoms with Crippen LogP contribution in [0.5, 0.6) is 5.75 Å². The maximum absolute atomic E-state index is 16.0. The van der Waals surface area contributed by atoms with Crippen LogP contribution in [-0.4, -0.2) is 46.5 Å². The molecule has 1 saturated carbocycles.